The average Bonchev–Trinajstić information content (AvgIpc) is 3.21. The zero-order valence-electron chi connectivity index (χ0n) is 14.6. The lowest BCUT2D eigenvalue weighted by Crippen LogP contribution is -2.12. The average molecular weight is 351 g/mol. The number of carbonyl (C=O) groups is 1. The van der Waals surface area contributed by atoms with E-state index in [4.69, 9.17) is 9.47 Å². The molecule has 0 unspecified atom stereocenters. The van der Waals surface area contributed by atoms with E-state index in [1.54, 1.807) is 18.0 Å². The molecule has 0 aliphatic heterocycles. The highest BCUT2D eigenvalue weighted by Gasteiger charge is 2.04. The maximum Gasteiger partial charge on any atom is 0.224 e. The van der Waals surface area contributed by atoms with Crippen LogP contribution in [0, 0.1) is 0 Å². The fraction of sp³-hybridized carbons (Fsp3) is 0.200. The highest BCUT2D eigenvalue weighted by atomic mass is 16.5. The number of ether oxygens (including phenoxy) is 2. The second-order valence-corrected chi connectivity index (χ2v) is 5.67. The fourth-order valence-electron chi connectivity index (χ4n) is 2.44. The third-order valence-electron chi connectivity index (χ3n) is 3.80. The maximum absolute atomic E-state index is 12.0. The van der Waals surface area contributed by atoms with Crippen molar-refractivity contribution in [3.05, 3.63) is 67.0 Å². The number of rotatable bonds is 8. The molecule has 26 heavy (non-hydrogen) atoms. The first-order chi connectivity index (χ1) is 12.7. The Labute approximate surface area is 152 Å². The quantitative estimate of drug-likeness (QED) is 0.629. The zero-order valence-corrected chi connectivity index (χ0v) is 14.6. The van der Waals surface area contributed by atoms with E-state index in [1.807, 2.05) is 60.8 Å². The first kappa shape index (κ1) is 17.5. The van der Waals surface area contributed by atoms with Crippen LogP contribution in [0.2, 0.25) is 0 Å². The number of carbonyl (C=O) groups excluding carboxylic acids is 1. The smallest absolute Gasteiger partial charge is 0.224 e. The normalized spacial score (nSPS) is 10.3. The third kappa shape index (κ3) is 4.86. The highest BCUT2D eigenvalue weighted by molar-refractivity contribution is 5.90. The predicted octanol–water partition coefficient (Wildman–Crippen LogP) is 3.68. The lowest BCUT2D eigenvalue weighted by Gasteiger charge is -2.08. The summed E-state index contributed by atoms with van der Waals surface area (Å²) in [5.41, 5.74) is 1.71. The molecule has 1 heterocycles. The van der Waals surface area contributed by atoms with Crippen molar-refractivity contribution in [3.8, 4) is 17.2 Å². The van der Waals surface area contributed by atoms with E-state index in [0.717, 1.165) is 22.9 Å². The molecule has 134 valence electrons. The van der Waals surface area contributed by atoms with Crippen molar-refractivity contribution in [2.24, 2.45) is 0 Å². The number of hydrogen-bond donors (Lipinski definition) is 1. The van der Waals surface area contributed by atoms with Gasteiger partial charge in [-0.25, -0.2) is 4.68 Å². The van der Waals surface area contributed by atoms with Crippen LogP contribution in [0.15, 0.2) is 67.0 Å². The summed E-state index contributed by atoms with van der Waals surface area (Å²) in [5.74, 6) is 1.52. The van der Waals surface area contributed by atoms with Crippen LogP contribution in [0.3, 0.4) is 0 Å². The lowest BCUT2D eigenvalue weighted by molar-refractivity contribution is -0.116. The van der Waals surface area contributed by atoms with Crippen molar-refractivity contribution in [1.82, 2.24) is 9.78 Å². The van der Waals surface area contributed by atoms with Crippen LogP contribution in [0.5, 0.6) is 11.5 Å². The number of anilines is 1. The molecule has 6 nitrogen and oxygen atoms in total. The van der Waals surface area contributed by atoms with Crippen molar-refractivity contribution in [3.63, 3.8) is 0 Å². The van der Waals surface area contributed by atoms with Crippen molar-refractivity contribution >= 4 is 11.6 Å². The Bertz CT molecular complexity index is 813. The molecule has 0 saturated heterocycles. The summed E-state index contributed by atoms with van der Waals surface area (Å²) in [6, 6.07) is 16.8. The van der Waals surface area contributed by atoms with E-state index in [-0.39, 0.29) is 5.91 Å². The predicted molar refractivity (Wildman–Crippen MR) is 99.9 cm³/mol. The number of benzene rings is 2. The molecule has 6 heteroatoms. The molecular weight excluding hydrogens is 330 g/mol. The van der Waals surface area contributed by atoms with Gasteiger partial charge in [-0.3, -0.25) is 4.79 Å². The van der Waals surface area contributed by atoms with Crippen molar-refractivity contribution in [2.75, 3.05) is 19.0 Å². The van der Waals surface area contributed by atoms with Gasteiger partial charge in [0, 0.05) is 24.5 Å². The van der Waals surface area contributed by atoms with Gasteiger partial charge in [-0.1, -0.05) is 0 Å². The first-order valence-corrected chi connectivity index (χ1v) is 8.41. The van der Waals surface area contributed by atoms with Crippen LogP contribution in [0.1, 0.15) is 12.8 Å². The van der Waals surface area contributed by atoms with E-state index >= 15 is 0 Å². The molecule has 2 aromatic carbocycles. The number of aromatic nitrogens is 2. The first-order valence-electron chi connectivity index (χ1n) is 8.41. The summed E-state index contributed by atoms with van der Waals surface area (Å²) in [6.45, 7) is 0.484. The minimum Gasteiger partial charge on any atom is -0.497 e. The van der Waals surface area contributed by atoms with Gasteiger partial charge in [0.1, 0.15) is 11.5 Å². The lowest BCUT2D eigenvalue weighted by atomic mass is 10.2. The van der Waals surface area contributed by atoms with Crippen molar-refractivity contribution in [2.45, 2.75) is 12.8 Å². The van der Waals surface area contributed by atoms with Crippen molar-refractivity contribution in [1.29, 1.82) is 0 Å². The van der Waals surface area contributed by atoms with Gasteiger partial charge in [-0.05, 0) is 61.0 Å². The Morgan fingerprint density at radius 2 is 1.81 bits per heavy atom. The molecule has 0 atom stereocenters. The molecule has 0 aliphatic rings. The summed E-state index contributed by atoms with van der Waals surface area (Å²) >= 11 is 0. The Morgan fingerprint density at radius 1 is 1.08 bits per heavy atom. The minimum atomic E-state index is -0.0322. The van der Waals surface area contributed by atoms with Gasteiger partial charge in [0.2, 0.25) is 5.91 Å². The van der Waals surface area contributed by atoms with Gasteiger partial charge in [0.15, 0.2) is 0 Å². The van der Waals surface area contributed by atoms with Crippen LogP contribution >= 0.6 is 0 Å². The number of nitrogens with zero attached hydrogens (tertiary/aromatic N) is 2. The van der Waals surface area contributed by atoms with Crippen LogP contribution in [-0.4, -0.2) is 29.4 Å². The molecule has 0 spiro atoms. The highest BCUT2D eigenvalue weighted by Crippen LogP contribution is 2.17. The van der Waals surface area contributed by atoms with E-state index in [1.165, 1.54) is 0 Å². The third-order valence-corrected chi connectivity index (χ3v) is 3.80. The summed E-state index contributed by atoms with van der Waals surface area (Å²) in [4.78, 5) is 12.0. The molecular formula is C20H21N3O3. The number of nitrogens with one attached hydrogen (secondary N) is 1. The van der Waals surface area contributed by atoms with E-state index < -0.39 is 0 Å². The Hall–Kier alpha value is -3.28. The standard InChI is InChI=1S/C20H21N3O3/c1-25-18-9-11-19(12-10-18)26-15-2-4-20(24)22-16-5-7-17(8-6-16)23-14-3-13-21-23/h3,5-14H,2,4,15H2,1H3,(H,22,24). The van der Waals surface area contributed by atoms with E-state index in [0.29, 0.717) is 19.4 Å². The molecule has 0 bridgehead atoms. The number of amides is 1. The van der Waals surface area contributed by atoms with Crippen LogP contribution < -0.4 is 14.8 Å². The molecule has 1 N–H and O–H groups in total. The zero-order chi connectivity index (χ0) is 18.2. The second kappa shape index (κ2) is 8.71. The second-order valence-electron chi connectivity index (χ2n) is 5.67. The molecule has 1 amide bonds. The number of methoxy groups -OCH3 is 1. The van der Waals surface area contributed by atoms with Gasteiger partial charge >= 0.3 is 0 Å². The Kier molecular flexibility index (Phi) is 5.88. The van der Waals surface area contributed by atoms with Crippen LogP contribution in [0.4, 0.5) is 5.69 Å². The van der Waals surface area contributed by atoms with Gasteiger partial charge in [-0.15, -0.1) is 0 Å². The molecule has 1 aromatic heterocycles. The van der Waals surface area contributed by atoms with Crippen LogP contribution in [0.25, 0.3) is 5.69 Å². The van der Waals surface area contributed by atoms with Gasteiger partial charge in [-0.2, -0.15) is 5.10 Å². The van der Waals surface area contributed by atoms with E-state index in [2.05, 4.69) is 10.4 Å². The Morgan fingerprint density at radius 3 is 2.46 bits per heavy atom. The topological polar surface area (TPSA) is 65.4 Å². The molecule has 0 saturated carbocycles. The SMILES string of the molecule is COc1ccc(OCCCC(=O)Nc2ccc(-n3cccn3)cc2)cc1. The summed E-state index contributed by atoms with van der Waals surface area (Å²) in [5, 5.41) is 7.06. The Balaban J connectivity index is 1.39. The fourth-order valence-corrected chi connectivity index (χ4v) is 2.44. The summed E-state index contributed by atoms with van der Waals surface area (Å²) in [6.07, 6.45) is 4.64. The summed E-state index contributed by atoms with van der Waals surface area (Å²) in [7, 11) is 1.62. The molecule has 0 aliphatic carbocycles. The minimum absolute atomic E-state index is 0.0322. The van der Waals surface area contributed by atoms with Crippen LogP contribution in [-0.2, 0) is 4.79 Å². The monoisotopic (exact) mass is 351 g/mol. The van der Waals surface area contributed by atoms with Gasteiger partial charge < -0.3 is 14.8 Å². The largest absolute Gasteiger partial charge is 0.497 e. The van der Waals surface area contributed by atoms with Crippen molar-refractivity contribution < 1.29 is 14.3 Å². The van der Waals surface area contributed by atoms with E-state index in [9.17, 15) is 4.79 Å². The maximum atomic E-state index is 12.0. The van der Waals surface area contributed by atoms with Gasteiger partial charge in [0.25, 0.3) is 0 Å². The number of hydrogen-bond acceptors (Lipinski definition) is 4. The molecule has 0 radical (unpaired) electrons. The summed E-state index contributed by atoms with van der Waals surface area (Å²) < 4.78 is 12.5. The molecule has 0 fully saturated rings. The molecule has 3 rings (SSSR count). The van der Waals surface area contributed by atoms with Gasteiger partial charge in [0.05, 0.1) is 19.4 Å². The molecule has 3 aromatic rings.